The van der Waals surface area contributed by atoms with Gasteiger partial charge in [0.25, 0.3) is 5.69 Å². The lowest BCUT2D eigenvalue weighted by Gasteiger charge is -2.36. The molecule has 30 heavy (non-hydrogen) atoms. The third-order valence-corrected chi connectivity index (χ3v) is 6.96. The molecule has 168 valence electrons. The van der Waals surface area contributed by atoms with Gasteiger partial charge < -0.3 is 9.64 Å². The lowest BCUT2D eigenvalue weighted by Crippen LogP contribution is -2.46. The number of nitro groups is 1. The van der Waals surface area contributed by atoms with Crippen LogP contribution in [0.2, 0.25) is 0 Å². The first-order valence-electron chi connectivity index (χ1n) is 10.9. The minimum absolute atomic E-state index is 0.0826. The summed E-state index contributed by atoms with van der Waals surface area (Å²) < 4.78 is 6.30. The molecule has 1 fully saturated rings. The zero-order chi connectivity index (χ0) is 22.6. The molecule has 1 heterocycles. The highest BCUT2D eigenvalue weighted by molar-refractivity contribution is 8.14. The van der Waals surface area contributed by atoms with Gasteiger partial charge in [-0.1, -0.05) is 38.5 Å². The Morgan fingerprint density at radius 2 is 1.90 bits per heavy atom. The SMILES string of the molecule is CCC(CC)CN1C(=Nc2ccc([N+](=O)[O-])c(C)c2C)SC[C@H]1[C@@H](C)OC(C)(C)C. The molecule has 7 heteroatoms. The molecule has 1 aromatic rings. The summed E-state index contributed by atoms with van der Waals surface area (Å²) >= 11 is 1.76. The average molecular weight is 436 g/mol. The maximum Gasteiger partial charge on any atom is 0.272 e. The van der Waals surface area contributed by atoms with Gasteiger partial charge in [0.15, 0.2) is 5.17 Å². The molecule has 1 saturated heterocycles. The highest BCUT2D eigenvalue weighted by Gasteiger charge is 2.37. The van der Waals surface area contributed by atoms with Gasteiger partial charge in [-0.3, -0.25) is 10.1 Å². The van der Waals surface area contributed by atoms with Crippen molar-refractivity contribution in [2.75, 3.05) is 12.3 Å². The molecule has 1 aliphatic heterocycles. The van der Waals surface area contributed by atoms with Gasteiger partial charge in [-0.05, 0) is 59.1 Å². The number of benzene rings is 1. The van der Waals surface area contributed by atoms with Crippen molar-refractivity contribution in [1.82, 2.24) is 4.90 Å². The van der Waals surface area contributed by atoms with E-state index in [-0.39, 0.29) is 28.4 Å². The molecular formula is C23H37N3O3S. The van der Waals surface area contributed by atoms with Crippen LogP contribution in [0.15, 0.2) is 17.1 Å². The highest BCUT2D eigenvalue weighted by Crippen LogP contribution is 2.35. The van der Waals surface area contributed by atoms with Crippen LogP contribution >= 0.6 is 11.8 Å². The number of nitrogens with zero attached hydrogens (tertiary/aromatic N) is 3. The fraction of sp³-hybridized carbons (Fsp3) is 0.696. The molecule has 0 amide bonds. The average Bonchev–Trinajstić information content (AvgIpc) is 3.04. The van der Waals surface area contributed by atoms with Crippen molar-refractivity contribution in [2.24, 2.45) is 10.9 Å². The fourth-order valence-electron chi connectivity index (χ4n) is 3.85. The minimum atomic E-state index is -0.329. The van der Waals surface area contributed by atoms with E-state index in [0.29, 0.717) is 11.5 Å². The topological polar surface area (TPSA) is 68.0 Å². The summed E-state index contributed by atoms with van der Waals surface area (Å²) in [6, 6.07) is 3.59. The zero-order valence-electron chi connectivity index (χ0n) is 19.7. The summed E-state index contributed by atoms with van der Waals surface area (Å²) in [4.78, 5) is 18.3. The second-order valence-electron chi connectivity index (χ2n) is 9.15. The third kappa shape index (κ3) is 5.97. The summed E-state index contributed by atoms with van der Waals surface area (Å²) in [6.07, 6.45) is 2.34. The van der Waals surface area contributed by atoms with Crippen LogP contribution in [0.25, 0.3) is 0 Å². The zero-order valence-corrected chi connectivity index (χ0v) is 20.5. The van der Waals surface area contributed by atoms with Crippen molar-refractivity contribution >= 4 is 28.3 Å². The van der Waals surface area contributed by atoms with Crippen LogP contribution in [0.3, 0.4) is 0 Å². The standard InChI is InChI=1S/C23H37N3O3S/c1-9-18(10-2)13-25-21(17(5)29-23(6,7)8)14-30-22(25)24-19-11-12-20(26(27)28)16(4)15(19)3/h11-12,17-18,21H,9-10,13-14H2,1-8H3/t17-,21+/m1/s1. The number of hydrogen-bond acceptors (Lipinski definition) is 5. The van der Waals surface area contributed by atoms with Gasteiger partial charge in [-0.2, -0.15) is 0 Å². The monoisotopic (exact) mass is 435 g/mol. The van der Waals surface area contributed by atoms with Crippen LogP contribution in [0.1, 0.15) is 65.5 Å². The van der Waals surface area contributed by atoms with Crippen LogP contribution in [0.5, 0.6) is 0 Å². The lowest BCUT2D eigenvalue weighted by atomic mass is 10.0. The molecule has 2 atom stereocenters. The Hall–Kier alpha value is -1.60. The molecule has 0 aliphatic carbocycles. The Bertz CT molecular complexity index is 785. The van der Waals surface area contributed by atoms with Gasteiger partial charge >= 0.3 is 0 Å². The van der Waals surface area contributed by atoms with Crippen LogP contribution in [0, 0.1) is 29.9 Å². The number of thioether (sulfide) groups is 1. The summed E-state index contributed by atoms with van der Waals surface area (Å²) in [6.45, 7) is 17.6. The van der Waals surface area contributed by atoms with Gasteiger partial charge in [0.1, 0.15) is 0 Å². The van der Waals surface area contributed by atoms with E-state index in [4.69, 9.17) is 9.73 Å². The van der Waals surface area contributed by atoms with Gasteiger partial charge in [0.05, 0.1) is 28.4 Å². The van der Waals surface area contributed by atoms with Crippen molar-refractivity contribution in [3.63, 3.8) is 0 Å². The Kier molecular flexibility index (Phi) is 8.34. The summed E-state index contributed by atoms with van der Waals surface area (Å²) in [5, 5.41) is 12.2. The molecule has 0 aromatic heterocycles. The van der Waals surface area contributed by atoms with Gasteiger partial charge in [-0.15, -0.1) is 0 Å². The number of nitro benzene ring substituents is 1. The van der Waals surface area contributed by atoms with Gasteiger partial charge in [0.2, 0.25) is 0 Å². The maximum atomic E-state index is 11.2. The number of aliphatic imine (C=N–C) groups is 1. The number of hydrogen-bond donors (Lipinski definition) is 0. The van der Waals surface area contributed by atoms with Crippen molar-refractivity contribution in [2.45, 2.75) is 86.0 Å². The smallest absolute Gasteiger partial charge is 0.272 e. The Morgan fingerprint density at radius 1 is 1.27 bits per heavy atom. The first-order chi connectivity index (χ1) is 14.0. The van der Waals surface area contributed by atoms with Crippen LogP contribution in [-0.4, -0.2) is 45.0 Å². The molecule has 6 nitrogen and oxygen atoms in total. The lowest BCUT2D eigenvalue weighted by molar-refractivity contribution is -0.385. The second-order valence-corrected chi connectivity index (χ2v) is 10.1. The predicted molar refractivity (Wildman–Crippen MR) is 127 cm³/mol. The van der Waals surface area contributed by atoms with E-state index in [2.05, 4.69) is 46.4 Å². The largest absolute Gasteiger partial charge is 0.371 e. The van der Waals surface area contributed by atoms with E-state index < -0.39 is 0 Å². The second kappa shape index (κ2) is 10.1. The molecule has 0 bridgehead atoms. The molecule has 1 aliphatic rings. The Morgan fingerprint density at radius 3 is 2.43 bits per heavy atom. The van der Waals surface area contributed by atoms with E-state index >= 15 is 0 Å². The third-order valence-electron chi connectivity index (χ3n) is 5.86. The molecule has 0 saturated carbocycles. The van der Waals surface area contributed by atoms with Crippen LogP contribution in [0.4, 0.5) is 11.4 Å². The molecule has 0 radical (unpaired) electrons. The molecule has 0 unspecified atom stereocenters. The van der Waals surface area contributed by atoms with Gasteiger partial charge in [-0.25, -0.2) is 4.99 Å². The number of amidine groups is 1. The molecule has 0 N–H and O–H groups in total. The summed E-state index contributed by atoms with van der Waals surface area (Å²) in [7, 11) is 0. The molecule has 0 spiro atoms. The van der Waals surface area contributed by atoms with E-state index in [1.165, 1.54) is 0 Å². The van der Waals surface area contributed by atoms with E-state index in [9.17, 15) is 10.1 Å². The van der Waals surface area contributed by atoms with Crippen LogP contribution in [-0.2, 0) is 4.74 Å². The van der Waals surface area contributed by atoms with E-state index in [1.807, 2.05) is 6.92 Å². The highest BCUT2D eigenvalue weighted by atomic mass is 32.2. The van der Waals surface area contributed by atoms with Crippen molar-refractivity contribution in [1.29, 1.82) is 0 Å². The molecular weight excluding hydrogens is 398 g/mol. The van der Waals surface area contributed by atoms with Crippen molar-refractivity contribution < 1.29 is 9.66 Å². The fourth-order valence-corrected chi connectivity index (χ4v) is 5.16. The first kappa shape index (κ1) is 24.7. The van der Waals surface area contributed by atoms with Crippen LogP contribution < -0.4 is 0 Å². The number of rotatable bonds is 8. The normalized spacial score (nSPS) is 19.7. The van der Waals surface area contributed by atoms with Crippen molar-refractivity contribution in [3.8, 4) is 0 Å². The Labute approximate surface area is 185 Å². The Balaban J connectivity index is 2.39. The first-order valence-corrected chi connectivity index (χ1v) is 11.9. The quantitative estimate of drug-likeness (QED) is 0.356. The minimum Gasteiger partial charge on any atom is -0.371 e. The number of ether oxygens (including phenoxy) is 1. The van der Waals surface area contributed by atoms with E-state index in [1.54, 1.807) is 30.8 Å². The summed E-state index contributed by atoms with van der Waals surface area (Å²) in [5.74, 6) is 1.53. The predicted octanol–water partition coefficient (Wildman–Crippen LogP) is 6.26. The molecule has 1 aromatic carbocycles. The van der Waals surface area contributed by atoms with E-state index in [0.717, 1.165) is 41.6 Å². The maximum absolute atomic E-state index is 11.2. The van der Waals surface area contributed by atoms with Gasteiger partial charge in [0, 0.05) is 23.9 Å². The summed E-state index contributed by atoms with van der Waals surface area (Å²) in [5.41, 5.74) is 2.30. The van der Waals surface area contributed by atoms with Crippen molar-refractivity contribution in [3.05, 3.63) is 33.4 Å². The molecule has 2 rings (SSSR count).